The van der Waals surface area contributed by atoms with Crippen molar-refractivity contribution in [1.82, 2.24) is 10.6 Å². The molecule has 0 radical (unpaired) electrons. The summed E-state index contributed by atoms with van der Waals surface area (Å²) in [5.74, 6) is 0.874. The lowest BCUT2D eigenvalue weighted by molar-refractivity contribution is 0.134. The summed E-state index contributed by atoms with van der Waals surface area (Å²) < 4.78 is 46.0. The van der Waals surface area contributed by atoms with E-state index in [1.807, 2.05) is 60.7 Å². The van der Waals surface area contributed by atoms with Gasteiger partial charge in [0.2, 0.25) is 7.37 Å². The van der Waals surface area contributed by atoms with Crippen LogP contribution in [0.3, 0.4) is 0 Å². The highest BCUT2D eigenvalue weighted by molar-refractivity contribution is 7.64. The van der Waals surface area contributed by atoms with E-state index in [4.69, 9.17) is 18.5 Å². The maximum absolute atomic E-state index is 13.0. The Labute approximate surface area is 264 Å². The average Bonchev–Trinajstić information content (AvgIpc) is 3.95. The van der Waals surface area contributed by atoms with Gasteiger partial charge in [-0.05, 0) is 43.6 Å². The number of hydrogen-bond donors (Lipinski definition) is 3. The van der Waals surface area contributed by atoms with Gasteiger partial charge in [-0.2, -0.15) is 0 Å². The monoisotopic (exact) mass is 660 g/mol. The molecule has 0 bridgehead atoms. The fraction of sp³-hybridized carbons (Fsp3) is 0.375. The van der Waals surface area contributed by atoms with Crippen LogP contribution in [0.25, 0.3) is 0 Å². The molecule has 0 heterocycles. The Balaban J connectivity index is 0.000000246. The first-order valence-electron chi connectivity index (χ1n) is 14.5. The van der Waals surface area contributed by atoms with E-state index < -0.39 is 37.7 Å². The summed E-state index contributed by atoms with van der Waals surface area (Å²) in [5, 5.41) is 2.91. The molecule has 13 heteroatoms. The number of rotatable bonds is 15. The van der Waals surface area contributed by atoms with Gasteiger partial charge in [-0.1, -0.05) is 79.4 Å². The van der Waals surface area contributed by atoms with Gasteiger partial charge in [0.1, 0.15) is 18.5 Å². The van der Waals surface area contributed by atoms with Crippen molar-refractivity contribution in [1.29, 1.82) is 0 Å². The number of carbonyl (C=O) groups excluding carboxylic acids is 2. The zero-order valence-corrected chi connectivity index (χ0v) is 27.4. The van der Waals surface area contributed by atoms with Gasteiger partial charge in [-0.25, -0.2) is 9.59 Å². The van der Waals surface area contributed by atoms with Crippen molar-refractivity contribution in [3.8, 4) is 0 Å². The van der Waals surface area contributed by atoms with Crippen LogP contribution in [0, 0.1) is 11.8 Å². The molecule has 2 aromatic carbocycles. The SMILES string of the molecule is C=C[C@@H]1C[C@]1(NC(=O)OCc1ccccc1)P(=O)(C=C)OCC.C=C[C@@H]1C[C@]1(NC(=O)OCc1ccccc1)P(=O)(O)OCC. The van der Waals surface area contributed by atoms with Crippen LogP contribution in [-0.4, -0.2) is 40.9 Å². The molecule has 0 saturated heterocycles. The molecule has 45 heavy (non-hydrogen) atoms. The fourth-order valence-electron chi connectivity index (χ4n) is 4.91. The summed E-state index contributed by atoms with van der Waals surface area (Å²) in [4.78, 5) is 34.1. The number of benzene rings is 2. The molecule has 2 aliphatic rings. The first kappa shape index (κ1) is 36.0. The van der Waals surface area contributed by atoms with Gasteiger partial charge in [0.15, 0.2) is 5.28 Å². The van der Waals surface area contributed by atoms with Crippen molar-refractivity contribution in [2.75, 3.05) is 13.2 Å². The molecule has 2 fully saturated rings. The van der Waals surface area contributed by atoms with Crippen molar-refractivity contribution in [2.24, 2.45) is 11.8 Å². The highest BCUT2D eigenvalue weighted by Gasteiger charge is 2.67. The quantitative estimate of drug-likeness (QED) is 0.132. The largest absolute Gasteiger partial charge is 0.445 e. The van der Waals surface area contributed by atoms with Gasteiger partial charge in [-0.15, -0.1) is 13.2 Å². The Morgan fingerprint density at radius 3 is 1.60 bits per heavy atom. The minimum absolute atomic E-state index is 0.0835. The average molecular weight is 661 g/mol. The van der Waals surface area contributed by atoms with Crippen LogP contribution >= 0.6 is 15.0 Å². The topological polar surface area (TPSA) is 149 Å². The predicted octanol–water partition coefficient (Wildman–Crippen LogP) is 7.31. The van der Waals surface area contributed by atoms with Crippen LogP contribution in [0.4, 0.5) is 9.59 Å². The number of nitrogens with one attached hydrogen (secondary N) is 2. The standard InChI is InChI=1S/C17H22NO4P.C15H20NO5P/c1-4-15-12-17(15,23(20,6-3)22-5-2)18-16(19)21-13-14-10-8-7-9-11-14;1-3-13-10-15(13,22(18,19)21-4-2)16-14(17)20-11-12-8-6-5-7-9-12/h4,6-11,15H,1,3,5,12-13H2,2H3,(H,18,19);3,5-9,13H,1,4,10-11H2,2H3,(H,16,17)(H,18,19)/t15-,17+,23?;13-,15+/m11/s1. The van der Waals surface area contributed by atoms with Gasteiger partial charge in [0, 0.05) is 11.8 Å². The molecule has 0 spiro atoms. The number of amides is 2. The summed E-state index contributed by atoms with van der Waals surface area (Å²) in [6.45, 7) is 14.9. The van der Waals surface area contributed by atoms with Gasteiger partial charge >= 0.3 is 19.8 Å². The molecule has 2 amide bonds. The summed E-state index contributed by atoms with van der Waals surface area (Å²) in [7, 11) is -7.22. The zero-order chi connectivity index (χ0) is 33.1. The molecular formula is C32H42N2O9P2. The van der Waals surface area contributed by atoms with Crippen LogP contribution in [0.1, 0.15) is 37.8 Å². The molecule has 2 unspecified atom stereocenters. The minimum atomic E-state index is -3.99. The first-order chi connectivity index (χ1) is 21.5. The number of carbonyl (C=O) groups is 2. The molecule has 11 nitrogen and oxygen atoms in total. The van der Waals surface area contributed by atoms with E-state index in [1.54, 1.807) is 26.0 Å². The molecule has 2 aliphatic carbocycles. The van der Waals surface area contributed by atoms with E-state index in [-0.39, 0.29) is 38.3 Å². The summed E-state index contributed by atoms with van der Waals surface area (Å²) >= 11 is 0. The second kappa shape index (κ2) is 15.7. The molecule has 4 rings (SSSR count). The predicted molar refractivity (Wildman–Crippen MR) is 172 cm³/mol. The lowest BCUT2D eigenvalue weighted by atomic mass is 10.2. The van der Waals surface area contributed by atoms with E-state index in [0.29, 0.717) is 12.8 Å². The van der Waals surface area contributed by atoms with E-state index in [9.17, 15) is 23.6 Å². The van der Waals surface area contributed by atoms with Crippen molar-refractivity contribution in [3.05, 3.63) is 109 Å². The van der Waals surface area contributed by atoms with Gasteiger partial charge in [0.25, 0.3) is 0 Å². The molecule has 6 atom stereocenters. The number of hydrogen-bond acceptors (Lipinski definition) is 8. The van der Waals surface area contributed by atoms with E-state index in [0.717, 1.165) is 11.1 Å². The van der Waals surface area contributed by atoms with Crippen LogP contribution in [-0.2, 0) is 40.9 Å². The maximum atomic E-state index is 13.0. The lowest BCUT2D eigenvalue weighted by Gasteiger charge is -2.26. The molecule has 244 valence electrons. The second-order valence-corrected chi connectivity index (χ2v) is 15.2. The third-order valence-electron chi connectivity index (χ3n) is 7.53. The smallest absolute Gasteiger partial charge is 0.408 e. The second-order valence-electron chi connectivity index (χ2n) is 10.5. The third-order valence-corrected chi connectivity index (χ3v) is 12.6. The summed E-state index contributed by atoms with van der Waals surface area (Å²) in [6.07, 6.45) is 2.65. The van der Waals surface area contributed by atoms with Crippen LogP contribution in [0.15, 0.2) is 98.4 Å². The Morgan fingerprint density at radius 1 is 0.800 bits per heavy atom. The van der Waals surface area contributed by atoms with Crippen molar-refractivity contribution in [3.63, 3.8) is 0 Å². The molecule has 3 N–H and O–H groups in total. The van der Waals surface area contributed by atoms with E-state index >= 15 is 0 Å². The van der Waals surface area contributed by atoms with Gasteiger partial charge < -0.3 is 34.0 Å². The molecule has 0 aromatic heterocycles. The maximum Gasteiger partial charge on any atom is 0.408 e. The number of ether oxygens (including phenoxy) is 2. The Morgan fingerprint density at radius 2 is 1.22 bits per heavy atom. The Kier molecular flexibility index (Phi) is 12.6. The van der Waals surface area contributed by atoms with E-state index in [1.165, 1.54) is 5.82 Å². The van der Waals surface area contributed by atoms with Crippen LogP contribution < -0.4 is 10.6 Å². The van der Waals surface area contributed by atoms with Gasteiger partial charge in [-0.3, -0.25) is 9.13 Å². The molecule has 2 aromatic rings. The van der Waals surface area contributed by atoms with Gasteiger partial charge in [0.05, 0.1) is 13.2 Å². The van der Waals surface area contributed by atoms with Crippen molar-refractivity contribution < 1.29 is 42.1 Å². The van der Waals surface area contributed by atoms with Crippen molar-refractivity contribution in [2.45, 2.75) is 50.5 Å². The summed E-state index contributed by atoms with van der Waals surface area (Å²) in [5.41, 5.74) is 1.71. The lowest BCUT2D eigenvalue weighted by Crippen LogP contribution is -2.39. The van der Waals surface area contributed by atoms with Crippen molar-refractivity contribution >= 4 is 27.2 Å². The third kappa shape index (κ3) is 8.63. The molecule has 2 saturated carbocycles. The fourth-order valence-corrected chi connectivity index (χ4v) is 8.99. The van der Waals surface area contributed by atoms with Crippen LogP contribution in [0.5, 0.6) is 0 Å². The number of alkyl carbamates (subject to hydrolysis) is 2. The first-order valence-corrected chi connectivity index (χ1v) is 17.8. The normalized spacial score (nSPS) is 25.4. The molecule has 0 aliphatic heterocycles. The summed E-state index contributed by atoms with van der Waals surface area (Å²) in [6, 6.07) is 18.5. The Bertz CT molecular complexity index is 1440. The zero-order valence-electron chi connectivity index (χ0n) is 25.6. The van der Waals surface area contributed by atoms with E-state index in [2.05, 4.69) is 30.4 Å². The minimum Gasteiger partial charge on any atom is -0.445 e. The molecular weight excluding hydrogens is 618 g/mol. The highest BCUT2D eigenvalue weighted by atomic mass is 31.2. The van der Waals surface area contributed by atoms with Crippen LogP contribution in [0.2, 0.25) is 0 Å². The highest BCUT2D eigenvalue weighted by Crippen LogP contribution is 2.73. The Hall–Kier alpha value is -3.46.